The van der Waals surface area contributed by atoms with Crippen LogP contribution in [0.25, 0.3) is 0 Å². The molecule has 1 unspecified atom stereocenters. The average Bonchev–Trinajstić information content (AvgIpc) is 2.52. The van der Waals surface area contributed by atoms with Gasteiger partial charge in [0, 0.05) is 11.4 Å². The second kappa shape index (κ2) is 8.08. The molecule has 5 heteroatoms. The number of aliphatic hydroxyl groups is 1. The summed E-state index contributed by atoms with van der Waals surface area (Å²) in [5.74, 6) is -0.139. The first kappa shape index (κ1) is 15.9. The maximum Gasteiger partial charge on any atom is 0.238 e. The summed E-state index contributed by atoms with van der Waals surface area (Å²) >= 11 is 7.57. The van der Waals surface area contributed by atoms with Gasteiger partial charge in [0.2, 0.25) is 5.91 Å². The fourth-order valence-electron chi connectivity index (χ4n) is 1.84. The van der Waals surface area contributed by atoms with Gasteiger partial charge < -0.3 is 10.4 Å². The highest BCUT2D eigenvalue weighted by Crippen LogP contribution is 2.38. The van der Waals surface area contributed by atoms with Gasteiger partial charge >= 0.3 is 0 Å². The molecule has 21 heavy (non-hydrogen) atoms. The van der Waals surface area contributed by atoms with Crippen molar-refractivity contribution < 1.29 is 9.90 Å². The molecule has 2 aromatic rings. The highest BCUT2D eigenvalue weighted by molar-refractivity contribution is 8.00. The standard InChI is InChI=1S/C16H16ClNO2S/c17-13-8-4-5-9-14(13)21-15(16(20)18-10-11-19)12-6-2-1-3-7-12/h1-9,15,19H,10-11H2,(H,18,20). The number of carbonyl (C=O) groups is 1. The van der Waals surface area contributed by atoms with E-state index in [0.717, 1.165) is 10.5 Å². The van der Waals surface area contributed by atoms with Gasteiger partial charge in [-0.15, -0.1) is 11.8 Å². The minimum atomic E-state index is -0.405. The lowest BCUT2D eigenvalue weighted by atomic mass is 10.1. The number of amides is 1. The van der Waals surface area contributed by atoms with Crippen molar-refractivity contribution >= 4 is 29.3 Å². The highest BCUT2D eigenvalue weighted by atomic mass is 35.5. The van der Waals surface area contributed by atoms with Crippen molar-refractivity contribution in [2.75, 3.05) is 13.2 Å². The maximum atomic E-state index is 12.3. The van der Waals surface area contributed by atoms with Crippen molar-refractivity contribution in [3.63, 3.8) is 0 Å². The number of benzene rings is 2. The van der Waals surface area contributed by atoms with Crippen LogP contribution in [0.1, 0.15) is 10.8 Å². The minimum absolute atomic E-state index is 0.0794. The van der Waals surface area contributed by atoms with Gasteiger partial charge in [0.15, 0.2) is 0 Å². The molecule has 2 rings (SSSR count). The summed E-state index contributed by atoms with van der Waals surface area (Å²) in [7, 11) is 0. The summed E-state index contributed by atoms with van der Waals surface area (Å²) in [6.07, 6.45) is 0. The van der Waals surface area contributed by atoms with E-state index >= 15 is 0 Å². The molecule has 0 aliphatic rings. The molecule has 0 aromatic heterocycles. The Hall–Kier alpha value is -1.49. The van der Waals surface area contributed by atoms with Crippen molar-refractivity contribution in [1.29, 1.82) is 0 Å². The third-order valence-corrected chi connectivity index (χ3v) is 4.61. The first-order valence-electron chi connectivity index (χ1n) is 6.57. The second-order valence-corrected chi connectivity index (χ2v) is 5.91. The van der Waals surface area contributed by atoms with Crippen molar-refractivity contribution in [3.05, 3.63) is 65.2 Å². The number of hydrogen-bond acceptors (Lipinski definition) is 3. The molecule has 0 saturated heterocycles. The topological polar surface area (TPSA) is 49.3 Å². The fourth-order valence-corrected chi connectivity index (χ4v) is 3.18. The number of nitrogens with one attached hydrogen (secondary N) is 1. The molecule has 0 spiro atoms. The predicted octanol–water partition coefficient (Wildman–Crippen LogP) is 3.28. The predicted molar refractivity (Wildman–Crippen MR) is 86.6 cm³/mol. The smallest absolute Gasteiger partial charge is 0.238 e. The molecule has 3 nitrogen and oxygen atoms in total. The summed E-state index contributed by atoms with van der Waals surface area (Å²) in [5, 5.41) is 11.8. The van der Waals surface area contributed by atoms with E-state index in [0.29, 0.717) is 5.02 Å². The number of rotatable bonds is 6. The molecule has 0 fully saturated rings. The lowest BCUT2D eigenvalue weighted by Crippen LogP contribution is -2.30. The summed E-state index contributed by atoms with van der Waals surface area (Å²) in [6.45, 7) is 0.162. The molecule has 1 atom stereocenters. The van der Waals surface area contributed by atoms with E-state index in [4.69, 9.17) is 16.7 Å². The van der Waals surface area contributed by atoms with Crippen LogP contribution in [-0.4, -0.2) is 24.2 Å². The molecule has 0 bridgehead atoms. The Morgan fingerprint density at radius 2 is 1.81 bits per heavy atom. The molecule has 2 aromatic carbocycles. The van der Waals surface area contributed by atoms with Crippen LogP contribution < -0.4 is 5.32 Å². The monoisotopic (exact) mass is 321 g/mol. The van der Waals surface area contributed by atoms with E-state index in [1.54, 1.807) is 6.07 Å². The zero-order valence-electron chi connectivity index (χ0n) is 11.3. The molecule has 0 saturated carbocycles. The SMILES string of the molecule is O=C(NCCO)C(Sc1ccccc1Cl)c1ccccc1. The summed E-state index contributed by atoms with van der Waals surface area (Å²) in [4.78, 5) is 13.2. The largest absolute Gasteiger partial charge is 0.395 e. The highest BCUT2D eigenvalue weighted by Gasteiger charge is 2.22. The molecule has 0 aliphatic carbocycles. The van der Waals surface area contributed by atoms with Gasteiger partial charge in [-0.05, 0) is 17.7 Å². The van der Waals surface area contributed by atoms with Gasteiger partial charge in [-0.1, -0.05) is 54.1 Å². The Bertz CT molecular complexity index is 592. The first-order chi connectivity index (χ1) is 10.2. The lowest BCUT2D eigenvalue weighted by molar-refractivity contribution is -0.120. The van der Waals surface area contributed by atoms with Gasteiger partial charge in [-0.2, -0.15) is 0 Å². The van der Waals surface area contributed by atoms with E-state index in [2.05, 4.69) is 5.32 Å². The van der Waals surface area contributed by atoms with Gasteiger partial charge in [0.1, 0.15) is 5.25 Å². The van der Waals surface area contributed by atoms with Gasteiger partial charge in [0.25, 0.3) is 0 Å². The number of halogens is 1. The minimum Gasteiger partial charge on any atom is -0.395 e. The van der Waals surface area contributed by atoms with Crippen LogP contribution in [0.2, 0.25) is 5.02 Å². The zero-order valence-corrected chi connectivity index (χ0v) is 12.9. The Morgan fingerprint density at radius 3 is 2.48 bits per heavy atom. The lowest BCUT2D eigenvalue weighted by Gasteiger charge is -2.17. The first-order valence-corrected chi connectivity index (χ1v) is 7.83. The Labute approximate surface area is 133 Å². The number of hydrogen-bond donors (Lipinski definition) is 2. The molecule has 2 N–H and O–H groups in total. The Balaban J connectivity index is 2.24. The van der Waals surface area contributed by atoms with Crippen LogP contribution in [0, 0.1) is 0 Å². The van der Waals surface area contributed by atoms with Crippen LogP contribution in [0.3, 0.4) is 0 Å². The van der Waals surface area contributed by atoms with E-state index in [-0.39, 0.29) is 19.1 Å². The van der Waals surface area contributed by atoms with E-state index in [9.17, 15) is 4.79 Å². The molecule has 0 radical (unpaired) electrons. The van der Waals surface area contributed by atoms with Gasteiger partial charge in [-0.25, -0.2) is 0 Å². The van der Waals surface area contributed by atoms with Crippen LogP contribution >= 0.6 is 23.4 Å². The van der Waals surface area contributed by atoms with Crippen LogP contribution in [0.15, 0.2) is 59.5 Å². The van der Waals surface area contributed by atoms with Crippen LogP contribution in [0.4, 0.5) is 0 Å². The molecular formula is C16H16ClNO2S. The molecular weight excluding hydrogens is 306 g/mol. The molecule has 0 heterocycles. The summed E-state index contributed by atoms with van der Waals surface area (Å²) < 4.78 is 0. The normalized spacial score (nSPS) is 11.9. The Kier molecular flexibility index (Phi) is 6.11. The fraction of sp³-hybridized carbons (Fsp3) is 0.188. The quantitative estimate of drug-likeness (QED) is 0.803. The van der Waals surface area contributed by atoms with Crippen molar-refractivity contribution in [2.45, 2.75) is 10.1 Å². The molecule has 1 amide bonds. The zero-order chi connectivity index (χ0) is 15.1. The summed E-state index contributed by atoms with van der Waals surface area (Å²) in [6, 6.07) is 17.0. The van der Waals surface area contributed by atoms with Gasteiger partial charge in [0.05, 0.1) is 11.6 Å². The maximum absolute atomic E-state index is 12.3. The summed E-state index contributed by atoms with van der Waals surface area (Å²) in [5.41, 5.74) is 0.901. The van der Waals surface area contributed by atoms with E-state index in [1.165, 1.54) is 11.8 Å². The Morgan fingerprint density at radius 1 is 1.14 bits per heavy atom. The van der Waals surface area contributed by atoms with Crippen molar-refractivity contribution in [2.24, 2.45) is 0 Å². The van der Waals surface area contributed by atoms with Crippen molar-refractivity contribution in [3.8, 4) is 0 Å². The molecule has 0 aliphatic heterocycles. The van der Waals surface area contributed by atoms with E-state index in [1.807, 2.05) is 48.5 Å². The van der Waals surface area contributed by atoms with Gasteiger partial charge in [-0.3, -0.25) is 4.79 Å². The van der Waals surface area contributed by atoms with Crippen LogP contribution in [0.5, 0.6) is 0 Å². The number of carbonyl (C=O) groups excluding carboxylic acids is 1. The number of aliphatic hydroxyl groups excluding tert-OH is 1. The van der Waals surface area contributed by atoms with E-state index < -0.39 is 5.25 Å². The third kappa shape index (κ3) is 4.49. The average molecular weight is 322 g/mol. The molecule has 110 valence electrons. The second-order valence-electron chi connectivity index (χ2n) is 4.35. The van der Waals surface area contributed by atoms with Crippen LogP contribution in [-0.2, 0) is 4.79 Å². The third-order valence-electron chi connectivity index (χ3n) is 2.83. The number of thioether (sulfide) groups is 1. The van der Waals surface area contributed by atoms with Crippen molar-refractivity contribution in [1.82, 2.24) is 5.32 Å².